The average molecular weight is 334 g/mol. The van der Waals surface area contributed by atoms with Crippen LogP contribution in [0.3, 0.4) is 0 Å². The number of furan rings is 1. The zero-order chi connectivity index (χ0) is 17.5. The Morgan fingerprint density at radius 3 is 2.56 bits per heavy atom. The number of rotatable bonds is 6. The van der Waals surface area contributed by atoms with E-state index in [0.717, 1.165) is 11.3 Å². The number of anilines is 1. The minimum absolute atomic E-state index is 0.326. The maximum atomic E-state index is 11.7. The Labute approximate surface area is 145 Å². The molecule has 5 heteroatoms. The molecule has 0 amide bonds. The molecule has 2 aromatic carbocycles. The van der Waals surface area contributed by atoms with Crippen LogP contribution in [0.4, 0.5) is 5.69 Å². The molecule has 126 valence electrons. The van der Waals surface area contributed by atoms with Gasteiger partial charge in [-0.3, -0.25) is 5.43 Å². The molecule has 1 aromatic heterocycles. The number of nitrogens with zero attached hydrogens (tertiary/aromatic N) is 1. The zero-order valence-electron chi connectivity index (χ0n) is 13.8. The van der Waals surface area contributed by atoms with Gasteiger partial charge in [-0.05, 0) is 43.3 Å². The van der Waals surface area contributed by atoms with Crippen LogP contribution in [0.1, 0.15) is 23.0 Å². The molecule has 0 atom stereocenters. The first-order chi connectivity index (χ1) is 12.3. The van der Waals surface area contributed by atoms with Crippen LogP contribution < -0.4 is 5.43 Å². The van der Waals surface area contributed by atoms with Crippen molar-refractivity contribution in [3.05, 3.63) is 78.1 Å². The van der Waals surface area contributed by atoms with Gasteiger partial charge in [-0.1, -0.05) is 30.3 Å². The fraction of sp³-hybridized carbons (Fsp3) is 0.100. The fourth-order valence-corrected chi connectivity index (χ4v) is 2.25. The van der Waals surface area contributed by atoms with Gasteiger partial charge < -0.3 is 9.15 Å². The second kappa shape index (κ2) is 7.97. The summed E-state index contributed by atoms with van der Waals surface area (Å²) in [4.78, 5) is 11.7. The van der Waals surface area contributed by atoms with Crippen molar-refractivity contribution in [3.8, 4) is 11.3 Å². The van der Waals surface area contributed by atoms with E-state index >= 15 is 0 Å². The van der Waals surface area contributed by atoms with Crippen LogP contribution >= 0.6 is 0 Å². The lowest BCUT2D eigenvalue weighted by atomic mass is 10.1. The van der Waals surface area contributed by atoms with Crippen LogP contribution in [-0.4, -0.2) is 18.8 Å². The molecule has 0 saturated carbocycles. The maximum Gasteiger partial charge on any atom is 0.338 e. The van der Waals surface area contributed by atoms with Gasteiger partial charge in [0.1, 0.15) is 11.5 Å². The standard InChI is InChI=1S/C20H18N2O3/c1-2-24-20(23)16-10-8-15(9-11-16)19-13-12-18(25-19)14-21-22-17-6-4-3-5-7-17/h3-14,22H,2H2,1H3/b21-14-. The second-order valence-corrected chi connectivity index (χ2v) is 5.24. The van der Waals surface area contributed by atoms with Gasteiger partial charge in [-0.25, -0.2) is 4.79 Å². The third-order valence-electron chi connectivity index (χ3n) is 3.47. The number of hydrogen-bond acceptors (Lipinski definition) is 5. The smallest absolute Gasteiger partial charge is 0.338 e. The Morgan fingerprint density at radius 2 is 1.84 bits per heavy atom. The van der Waals surface area contributed by atoms with E-state index in [0.29, 0.717) is 23.7 Å². The number of para-hydroxylation sites is 1. The van der Waals surface area contributed by atoms with E-state index in [9.17, 15) is 4.79 Å². The van der Waals surface area contributed by atoms with Crippen LogP contribution in [0, 0.1) is 0 Å². The minimum Gasteiger partial charge on any atom is -0.462 e. The summed E-state index contributed by atoms with van der Waals surface area (Å²) in [6.07, 6.45) is 1.61. The third-order valence-corrected chi connectivity index (χ3v) is 3.47. The SMILES string of the molecule is CCOC(=O)c1ccc(-c2ccc(/C=N\Nc3ccccc3)o2)cc1. The molecule has 1 N–H and O–H groups in total. The Kier molecular flexibility index (Phi) is 5.26. The summed E-state index contributed by atoms with van der Waals surface area (Å²) in [5, 5.41) is 4.15. The fourth-order valence-electron chi connectivity index (χ4n) is 2.25. The molecule has 0 spiro atoms. The van der Waals surface area contributed by atoms with Crippen LogP contribution in [0.2, 0.25) is 0 Å². The van der Waals surface area contributed by atoms with Crippen LogP contribution in [0.15, 0.2) is 76.2 Å². The largest absolute Gasteiger partial charge is 0.462 e. The van der Waals surface area contributed by atoms with E-state index in [4.69, 9.17) is 9.15 Å². The number of carbonyl (C=O) groups is 1. The van der Waals surface area contributed by atoms with Crippen LogP contribution in [0.25, 0.3) is 11.3 Å². The van der Waals surface area contributed by atoms with Gasteiger partial charge >= 0.3 is 5.97 Å². The molecule has 0 unspecified atom stereocenters. The van der Waals surface area contributed by atoms with Crippen molar-refractivity contribution in [3.63, 3.8) is 0 Å². The summed E-state index contributed by atoms with van der Waals surface area (Å²) in [5.74, 6) is 1.01. The van der Waals surface area contributed by atoms with Gasteiger partial charge in [0.15, 0.2) is 0 Å². The lowest BCUT2D eigenvalue weighted by molar-refractivity contribution is 0.0526. The van der Waals surface area contributed by atoms with Gasteiger partial charge in [0.25, 0.3) is 0 Å². The van der Waals surface area contributed by atoms with Gasteiger partial charge in [0, 0.05) is 5.56 Å². The summed E-state index contributed by atoms with van der Waals surface area (Å²) in [6.45, 7) is 2.14. The second-order valence-electron chi connectivity index (χ2n) is 5.24. The lowest BCUT2D eigenvalue weighted by Gasteiger charge is -2.02. The normalized spacial score (nSPS) is 10.8. The van der Waals surface area contributed by atoms with Crippen molar-refractivity contribution >= 4 is 17.9 Å². The first-order valence-corrected chi connectivity index (χ1v) is 7.98. The van der Waals surface area contributed by atoms with E-state index in [1.165, 1.54) is 0 Å². The van der Waals surface area contributed by atoms with E-state index in [-0.39, 0.29) is 5.97 Å². The van der Waals surface area contributed by atoms with Gasteiger partial charge in [0.05, 0.1) is 24.1 Å². The first-order valence-electron chi connectivity index (χ1n) is 7.98. The monoisotopic (exact) mass is 334 g/mol. The van der Waals surface area contributed by atoms with Crippen LogP contribution in [-0.2, 0) is 4.74 Å². The Bertz CT molecular complexity index is 852. The Balaban J connectivity index is 1.65. The number of esters is 1. The molecule has 0 aliphatic carbocycles. The highest BCUT2D eigenvalue weighted by atomic mass is 16.5. The van der Waals surface area contributed by atoms with Gasteiger partial charge in [-0.15, -0.1) is 0 Å². The minimum atomic E-state index is -0.326. The first kappa shape index (κ1) is 16.5. The summed E-state index contributed by atoms with van der Waals surface area (Å²) in [5.41, 5.74) is 5.23. The number of hydrogen-bond donors (Lipinski definition) is 1. The predicted molar refractivity (Wildman–Crippen MR) is 97.8 cm³/mol. The van der Waals surface area contributed by atoms with E-state index < -0.39 is 0 Å². The van der Waals surface area contributed by atoms with Crippen molar-refractivity contribution in [1.82, 2.24) is 0 Å². The maximum absolute atomic E-state index is 11.7. The number of nitrogens with one attached hydrogen (secondary N) is 1. The van der Waals surface area contributed by atoms with Crippen molar-refractivity contribution < 1.29 is 13.9 Å². The van der Waals surface area contributed by atoms with Crippen molar-refractivity contribution in [2.45, 2.75) is 6.92 Å². The van der Waals surface area contributed by atoms with Gasteiger partial charge in [-0.2, -0.15) is 5.10 Å². The molecule has 0 fully saturated rings. The molecule has 0 aliphatic rings. The molecule has 0 radical (unpaired) electrons. The molecule has 3 rings (SSSR count). The number of benzene rings is 2. The van der Waals surface area contributed by atoms with Crippen molar-refractivity contribution in [2.24, 2.45) is 5.10 Å². The summed E-state index contributed by atoms with van der Waals surface area (Å²) >= 11 is 0. The highest BCUT2D eigenvalue weighted by Gasteiger charge is 2.08. The highest BCUT2D eigenvalue weighted by Crippen LogP contribution is 2.22. The van der Waals surface area contributed by atoms with E-state index in [2.05, 4.69) is 10.5 Å². The lowest BCUT2D eigenvalue weighted by Crippen LogP contribution is -2.03. The highest BCUT2D eigenvalue weighted by molar-refractivity contribution is 5.90. The molecule has 0 saturated heterocycles. The molecule has 1 heterocycles. The molecule has 0 bridgehead atoms. The summed E-state index contributed by atoms with van der Waals surface area (Å²) in [6, 6.07) is 20.5. The topological polar surface area (TPSA) is 63.8 Å². The van der Waals surface area contributed by atoms with E-state index in [1.54, 1.807) is 25.3 Å². The van der Waals surface area contributed by atoms with Crippen molar-refractivity contribution in [1.29, 1.82) is 0 Å². The van der Waals surface area contributed by atoms with Crippen molar-refractivity contribution in [2.75, 3.05) is 12.0 Å². The average Bonchev–Trinajstić information content (AvgIpc) is 3.12. The quantitative estimate of drug-likeness (QED) is 0.407. The molecule has 0 aliphatic heterocycles. The molecular weight excluding hydrogens is 316 g/mol. The zero-order valence-corrected chi connectivity index (χ0v) is 13.8. The number of ether oxygens (including phenoxy) is 1. The Hall–Kier alpha value is -3.34. The van der Waals surface area contributed by atoms with Gasteiger partial charge in [0.2, 0.25) is 0 Å². The van der Waals surface area contributed by atoms with Crippen LogP contribution in [0.5, 0.6) is 0 Å². The Morgan fingerprint density at radius 1 is 1.08 bits per heavy atom. The number of hydrazone groups is 1. The third kappa shape index (κ3) is 4.35. The van der Waals surface area contributed by atoms with E-state index in [1.807, 2.05) is 54.6 Å². The molecule has 25 heavy (non-hydrogen) atoms. The molecule has 5 nitrogen and oxygen atoms in total. The summed E-state index contributed by atoms with van der Waals surface area (Å²) < 4.78 is 10.7. The predicted octanol–water partition coefficient (Wildman–Crippen LogP) is 4.57. The molecular formula is C20H18N2O3. The number of carbonyl (C=O) groups excluding carboxylic acids is 1. The summed E-state index contributed by atoms with van der Waals surface area (Å²) in [7, 11) is 0. The molecule has 3 aromatic rings.